The van der Waals surface area contributed by atoms with E-state index < -0.39 is 0 Å². The lowest BCUT2D eigenvalue weighted by molar-refractivity contribution is 0.0647. The Morgan fingerprint density at radius 3 is 2.89 bits per heavy atom. The maximum atomic E-state index is 12.8. The molecule has 138 valence electrons. The van der Waals surface area contributed by atoms with Crippen molar-refractivity contribution in [2.45, 2.75) is 18.9 Å². The number of furan rings is 1. The molecule has 2 aromatic heterocycles. The molecule has 8 nitrogen and oxygen atoms in total. The Hall–Kier alpha value is -3.42. The maximum absolute atomic E-state index is 12.8. The van der Waals surface area contributed by atoms with E-state index in [0.717, 1.165) is 12.8 Å². The van der Waals surface area contributed by atoms with E-state index in [4.69, 9.17) is 4.42 Å². The van der Waals surface area contributed by atoms with E-state index in [-0.39, 0.29) is 17.9 Å². The summed E-state index contributed by atoms with van der Waals surface area (Å²) < 4.78 is 5.20. The van der Waals surface area contributed by atoms with Crippen molar-refractivity contribution in [1.82, 2.24) is 25.4 Å². The van der Waals surface area contributed by atoms with Crippen LogP contribution in [-0.4, -0.2) is 51.0 Å². The zero-order chi connectivity index (χ0) is 18.6. The van der Waals surface area contributed by atoms with Gasteiger partial charge in [0.25, 0.3) is 11.8 Å². The molecule has 1 aromatic carbocycles. The number of carbonyl (C=O) groups is 2. The predicted octanol–water partition coefficient (Wildman–Crippen LogP) is 2.10. The zero-order valence-electron chi connectivity index (χ0n) is 14.6. The average Bonchev–Trinajstić information content (AvgIpc) is 3.41. The van der Waals surface area contributed by atoms with Crippen molar-refractivity contribution >= 4 is 11.8 Å². The highest BCUT2D eigenvalue weighted by Crippen LogP contribution is 2.20. The smallest absolute Gasteiger partial charge is 0.289 e. The largest absolute Gasteiger partial charge is 0.459 e. The van der Waals surface area contributed by atoms with Gasteiger partial charge >= 0.3 is 0 Å². The molecule has 2 amide bonds. The molecule has 4 rings (SSSR count). The summed E-state index contributed by atoms with van der Waals surface area (Å²) >= 11 is 0. The van der Waals surface area contributed by atoms with Crippen LogP contribution in [0, 0.1) is 0 Å². The third-order valence-corrected chi connectivity index (χ3v) is 4.62. The van der Waals surface area contributed by atoms with E-state index in [9.17, 15) is 9.59 Å². The van der Waals surface area contributed by atoms with Crippen LogP contribution in [0.3, 0.4) is 0 Å². The molecule has 0 aliphatic carbocycles. The Morgan fingerprint density at radius 1 is 1.22 bits per heavy atom. The topological polar surface area (TPSA) is 104 Å². The van der Waals surface area contributed by atoms with Crippen molar-refractivity contribution in [2.24, 2.45) is 0 Å². The van der Waals surface area contributed by atoms with Gasteiger partial charge in [-0.2, -0.15) is 5.10 Å². The molecule has 0 spiro atoms. The number of aromatic nitrogens is 3. The molecule has 3 aromatic rings. The van der Waals surface area contributed by atoms with Crippen LogP contribution >= 0.6 is 0 Å². The van der Waals surface area contributed by atoms with Gasteiger partial charge in [-0.15, -0.1) is 0 Å². The summed E-state index contributed by atoms with van der Waals surface area (Å²) in [6.07, 6.45) is 4.53. The standard InChI is InChI=1S/C19H19N5O3/c25-18(15-7-2-1-6-14(15)17-20-12-21-23-17)22-13-5-3-9-24(11-13)19(26)16-8-4-10-27-16/h1-2,4,6-8,10,12-13H,3,5,9,11H2,(H,22,25)(H,20,21,23)/t13-/m1/s1. The summed E-state index contributed by atoms with van der Waals surface area (Å²) in [6.45, 7) is 1.11. The fourth-order valence-corrected chi connectivity index (χ4v) is 3.32. The third kappa shape index (κ3) is 3.59. The molecule has 1 aliphatic heterocycles. The lowest BCUT2D eigenvalue weighted by atomic mass is 10.0. The Labute approximate surface area is 155 Å². The monoisotopic (exact) mass is 365 g/mol. The van der Waals surface area contributed by atoms with Crippen LogP contribution in [0.2, 0.25) is 0 Å². The van der Waals surface area contributed by atoms with E-state index >= 15 is 0 Å². The molecule has 2 N–H and O–H groups in total. The minimum Gasteiger partial charge on any atom is -0.459 e. The van der Waals surface area contributed by atoms with Crippen molar-refractivity contribution in [3.63, 3.8) is 0 Å². The Bertz CT molecular complexity index is 921. The number of amides is 2. The third-order valence-electron chi connectivity index (χ3n) is 4.62. The quantitative estimate of drug-likeness (QED) is 0.737. The van der Waals surface area contributed by atoms with Gasteiger partial charge in [0.1, 0.15) is 6.33 Å². The highest BCUT2D eigenvalue weighted by Gasteiger charge is 2.27. The highest BCUT2D eigenvalue weighted by molar-refractivity contribution is 6.00. The van der Waals surface area contributed by atoms with Crippen LogP contribution in [0.4, 0.5) is 0 Å². The Balaban J connectivity index is 1.46. The van der Waals surface area contributed by atoms with Crippen molar-refractivity contribution in [3.05, 3.63) is 60.3 Å². The molecular weight excluding hydrogens is 346 g/mol. The van der Waals surface area contributed by atoms with E-state index in [2.05, 4.69) is 20.5 Å². The van der Waals surface area contributed by atoms with E-state index in [1.54, 1.807) is 23.1 Å². The lowest BCUT2D eigenvalue weighted by Gasteiger charge is -2.32. The summed E-state index contributed by atoms with van der Waals surface area (Å²) in [4.78, 5) is 31.2. The van der Waals surface area contributed by atoms with Gasteiger partial charge in [-0.1, -0.05) is 18.2 Å². The Morgan fingerprint density at radius 2 is 2.11 bits per heavy atom. The number of H-pyrrole nitrogens is 1. The van der Waals surface area contributed by atoms with Crippen LogP contribution in [0.5, 0.6) is 0 Å². The van der Waals surface area contributed by atoms with Gasteiger partial charge in [-0.25, -0.2) is 4.98 Å². The number of benzene rings is 1. The van der Waals surface area contributed by atoms with Gasteiger partial charge in [-0.3, -0.25) is 14.7 Å². The number of nitrogens with zero attached hydrogens (tertiary/aromatic N) is 3. The average molecular weight is 365 g/mol. The first-order chi connectivity index (χ1) is 13.2. The van der Waals surface area contributed by atoms with Crippen LogP contribution in [-0.2, 0) is 0 Å². The summed E-state index contributed by atoms with van der Waals surface area (Å²) in [5, 5.41) is 9.68. The van der Waals surface area contributed by atoms with Gasteiger partial charge in [0.2, 0.25) is 0 Å². The molecule has 1 fully saturated rings. The second-order valence-corrected chi connectivity index (χ2v) is 6.42. The Kier molecular flexibility index (Phi) is 4.69. The van der Waals surface area contributed by atoms with Crippen molar-refractivity contribution < 1.29 is 14.0 Å². The molecule has 8 heteroatoms. The number of nitrogens with one attached hydrogen (secondary N) is 2. The first-order valence-corrected chi connectivity index (χ1v) is 8.81. The van der Waals surface area contributed by atoms with Gasteiger partial charge in [-0.05, 0) is 31.0 Å². The van der Waals surface area contributed by atoms with Gasteiger partial charge in [0.15, 0.2) is 11.6 Å². The summed E-state index contributed by atoms with van der Waals surface area (Å²) in [7, 11) is 0. The molecular formula is C19H19N5O3. The fraction of sp³-hybridized carbons (Fsp3) is 0.263. The molecule has 1 atom stereocenters. The molecule has 0 bridgehead atoms. The highest BCUT2D eigenvalue weighted by atomic mass is 16.3. The van der Waals surface area contributed by atoms with Crippen molar-refractivity contribution in [2.75, 3.05) is 13.1 Å². The first-order valence-electron chi connectivity index (χ1n) is 8.81. The number of hydrogen-bond donors (Lipinski definition) is 2. The van der Waals surface area contributed by atoms with Gasteiger partial charge < -0.3 is 14.6 Å². The predicted molar refractivity (Wildman–Crippen MR) is 96.9 cm³/mol. The van der Waals surface area contributed by atoms with Crippen LogP contribution in [0.1, 0.15) is 33.8 Å². The lowest BCUT2D eigenvalue weighted by Crippen LogP contribution is -2.49. The van der Waals surface area contributed by atoms with Crippen molar-refractivity contribution in [1.29, 1.82) is 0 Å². The van der Waals surface area contributed by atoms with Gasteiger partial charge in [0.05, 0.1) is 11.8 Å². The normalized spacial score (nSPS) is 16.9. The molecule has 3 heterocycles. The van der Waals surface area contributed by atoms with E-state index in [1.807, 2.05) is 18.2 Å². The number of carbonyl (C=O) groups excluding carboxylic acids is 2. The molecule has 0 radical (unpaired) electrons. The zero-order valence-corrected chi connectivity index (χ0v) is 14.6. The number of hydrogen-bond acceptors (Lipinski definition) is 5. The van der Waals surface area contributed by atoms with Crippen LogP contribution < -0.4 is 5.32 Å². The molecule has 1 aliphatic rings. The minimum absolute atomic E-state index is 0.118. The number of piperidine rings is 1. The second-order valence-electron chi connectivity index (χ2n) is 6.42. The van der Waals surface area contributed by atoms with E-state index in [1.165, 1.54) is 12.6 Å². The molecule has 0 saturated carbocycles. The van der Waals surface area contributed by atoms with Crippen molar-refractivity contribution in [3.8, 4) is 11.4 Å². The fourth-order valence-electron chi connectivity index (χ4n) is 3.32. The second kappa shape index (κ2) is 7.45. The number of aromatic amines is 1. The number of likely N-dealkylation sites (tertiary alicyclic amines) is 1. The minimum atomic E-state index is -0.195. The molecule has 1 saturated heterocycles. The maximum Gasteiger partial charge on any atom is 0.289 e. The van der Waals surface area contributed by atoms with Gasteiger partial charge in [0, 0.05) is 24.7 Å². The summed E-state index contributed by atoms with van der Waals surface area (Å²) in [5.41, 5.74) is 1.20. The number of rotatable bonds is 4. The SMILES string of the molecule is O=C(N[C@@H]1CCCN(C(=O)c2ccco2)C1)c1ccccc1-c1ncn[nH]1. The van der Waals surface area contributed by atoms with E-state index in [0.29, 0.717) is 35.8 Å². The van der Waals surface area contributed by atoms with Crippen LogP contribution in [0.25, 0.3) is 11.4 Å². The summed E-state index contributed by atoms with van der Waals surface area (Å²) in [6, 6.07) is 10.5. The first kappa shape index (κ1) is 17.0. The molecule has 27 heavy (non-hydrogen) atoms. The molecule has 0 unspecified atom stereocenters. The van der Waals surface area contributed by atoms with Crippen LogP contribution in [0.15, 0.2) is 53.4 Å². The summed E-state index contributed by atoms with van der Waals surface area (Å²) in [5.74, 6) is 0.511.